The zero-order valence-electron chi connectivity index (χ0n) is 8.61. The smallest absolute Gasteiger partial charge is 0.204 e. The lowest BCUT2D eigenvalue weighted by molar-refractivity contribution is -0.106. The number of hydrogen-bond acceptors (Lipinski definition) is 3. The van der Waals surface area contributed by atoms with Crippen LogP contribution in [-0.4, -0.2) is 36.8 Å². The first-order valence-corrected chi connectivity index (χ1v) is 5.32. The van der Waals surface area contributed by atoms with Crippen LogP contribution in [-0.2, 0) is 4.79 Å². The van der Waals surface area contributed by atoms with E-state index in [-0.39, 0.29) is 6.41 Å². The largest absolute Gasteiger partial charge is 0.372 e. The van der Waals surface area contributed by atoms with Crippen molar-refractivity contribution in [2.75, 3.05) is 19.6 Å². The number of nitrogens with two attached hydrogens (primary N) is 1. The number of carbonyl (C=O) groups excluding carboxylic acids is 1. The number of amidine groups is 1. The molecule has 0 unspecified atom stereocenters. The molecule has 0 aliphatic carbocycles. The number of nitrogens with zero attached hydrogens (tertiary/aromatic N) is 2. The molecule has 0 aromatic heterocycles. The average molecular weight is 197 g/mol. The van der Waals surface area contributed by atoms with Crippen LogP contribution in [0.3, 0.4) is 0 Å². The highest BCUT2D eigenvalue weighted by atomic mass is 16.1. The average Bonchev–Trinajstić information content (AvgIpc) is 2.43. The predicted octanol–water partition coefficient (Wildman–Crippen LogP) is 0.766. The van der Waals surface area contributed by atoms with Gasteiger partial charge in [0.05, 0.1) is 5.84 Å². The first-order chi connectivity index (χ1) is 6.88. The second-order valence-corrected chi connectivity index (χ2v) is 3.59. The molecule has 80 valence electrons. The number of carbonyl (C=O) groups is 1. The zero-order valence-corrected chi connectivity index (χ0v) is 8.61. The molecular weight excluding hydrogens is 178 g/mol. The maximum Gasteiger partial charge on any atom is 0.204 e. The highest BCUT2D eigenvalue weighted by molar-refractivity contribution is 5.83. The van der Waals surface area contributed by atoms with Gasteiger partial charge in [0.1, 0.15) is 0 Å². The van der Waals surface area contributed by atoms with Crippen molar-refractivity contribution in [2.45, 2.75) is 32.1 Å². The molecule has 4 nitrogen and oxygen atoms in total. The molecule has 1 saturated heterocycles. The van der Waals surface area contributed by atoms with E-state index in [9.17, 15) is 0 Å². The second-order valence-electron chi connectivity index (χ2n) is 3.59. The van der Waals surface area contributed by atoms with Gasteiger partial charge in [-0.15, -0.1) is 0 Å². The van der Waals surface area contributed by atoms with Crippen molar-refractivity contribution in [3.8, 4) is 0 Å². The fourth-order valence-corrected chi connectivity index (χ4v) is 1.94. The molecule has 0 bridgehead atoms. The molecule has 2 aliphatic rings. The Bertz CT molecular complexity index is 204. The maximum absolute atomic E-state index is 8.58. The minimum absolute atomic E-state index is 0.250. The van der Waals surface area contributed by atoms with E-state index in [0.29, 0.717) is 0 Å². The van der Waals surface area contributed by atoms with E-state index in [1.54, 1.807) is 0 Å². The Morgan fingerprint density at radius 3 is 2.71 bits per heavy atom. The molecular formula is C10H19N3O. The molecule has 0 atom stereocenters. The van der Waals surface area contributed by atoms with Gasteiger partial charge in [-0.05, 0) is 19.3 Å². The topological polar surface area (TPSA) is 58.7 Å². The minimum atomic E-state index is 0.250. The molecule has 1 amide bonds. The summed E-state index contributed by atoms with van der Waals surface area (Å²) in [5.41, 5.74) is 4.17. The van der Waals surface area contributed by atoms with Crippen molar-refractivity contribution in [2.24, 2.45) is 10.7 Å². The number of amides is 1. The third kappa shape index (κ3) is 3.36. The lowest BCUT2D eigenvalue weighted by Gasteiger charge is -2.27. The van der Waals surface area contributed by atoms with Crippen molar-refractivity contribution in [1.82, 2.24) is 4.90 Å². The lowest BCUT2D eigenvalue weighted by Crippen LogP contribution is -2.34. The van der Waals surface area contributed by atoms with Crippen LogP contribution in [0.5, 0.6) is 0 Å². The Hall–Kier alpha value is -1.06. The fraction of sp³-hybridized carbons (Fsp3) is 0.800. The predicted molar refractivity (Wildman–Crippen MR) is 57.2 cm³/mol. The van der Waals surface area contributed by atoms with Gasteiger partial charge < -0.3 is 10.6 Å². The van der Waals surface area contributed by atoms with Crippen molar-refractivity contribution in [1.29, 1.82) is 0 Å². The summed E-state index contributed by atoms with van der Waals surface area (Å²) in [6.07, 6.45) is 6.88. The molecule has 0 aromatic carbocycles. The van der Waals surface area contributed by atoms with Crippen molar-refractivity contribution in [3.63, 3.8) is 0 Å². The summed E-state index contributed by atoms with van der Waals surface area (Å²) in [5, 5.41) is 0. The van der Waals surface area contributed by atoms with E-state index in [1.165, 1.54) is 51.0 Å². The Labute approximate surface area is 85.2 Å². The Balaban J connectivity index is 0.000000293. The van der Waals surface area contributed by atoms with Crippen LogP contribution in [0.4, 0.5) is 0 Å². The minimum Gasteiger partial charge on any atom is -0.372 e. The first-order valence-electron chi connectivity index (χ1n) is 5.32. The summed E-state index contributed by atoms with van der Waals surface area (Å²) in [5.74, 6) is 1.40. The van der Waals surface area contributed by atoms with E-state index in [4.69, 9.17) is 4.79 Å². The van der Waals surface area contributed by atoms with E-state index in [2.05, 4.69) is 15.6 Å². The van der Waals surface area contributed by atoms with E-state index >= 15 is 0 Å². The standard InChI is InChI=1S/C9H16N2.CH3NO/c1-2-5-9-10-6-4-8-11(9)7-3-1;2-1-3/h1-8H2;1H,(H2,2,3). The summed E-state index contributed by atoms with van der Waals surface area (Å²) in [6.45, 7) is 3.60. The Morgan fingerprint density at radius 2 is 1.93 bits per heavy atom. The molecule has 0 radical (unpaired) electrons. The zero-order chi connectivity index (χ0) is 10.2. The maximum atomic E-state index is 8.58. The van der Waals surface area contributed by atoms with Crippen LogP contribution in [0.1, 0.15) is 32.1 Å². The van der Waals surface area contributed by atoms with Crippen LogP contribution in [0, 0.1) is 0 Å². The van der Waals surface area contributed by atoms with Gasteiger partial charge in [0.2, 0.25) is 6.41 Å². The molecule has 0 spiro atoms. The Kier molecular flexibility index (Phi) is 5.04. The number of hydrogen-bond donors (Lipinski definition) is 1. The van der Waals surface area contributed by atoms with Gasteiger partial charge >= 0.3 is 0 Å². The first kappa shape index (κ1) is 11.0. The third-order valence-electron chi connectivity index (χ3n) is 2.57. The highest BCUT2D eigenvalue weighted by Crippen LogP contribution is 2.15. The number of rotatable bonds is 0. The molecule has 0 aromatic rings. The molecule has 1 fully saturated rings. The molecule has 4 heteroatoms. The molecule has 2 rings (SSSR count). The third-order valence-corrected chi connectivity index (χ3v) is 2.57. The van der Waals surface area contributed by atoms with Gasteiger partial charge in [-0.25, -0.2) is 0 Å². The molecule has 2 heterocycles. The quantitative estimate of drug-likeness (QED) is 0.583. The van der Waals surface area contributed by atoms with Crippen LogP contribution in [0.15, 0.2) is 4.99 Å². The van der Waals surface area contributed by atoms with Gasteiger partial charge in [-0.3, -0.25) is 9.79 Å². The summed E-state index contributed by atoms with van der Waals surface area (Å²) in [6, 6.07) is 0. The summed E-state index contributed by atoms with van der Waals surface area (Å²) in [7, 11) is 0. The molecule has 0 saturated carbocycles. The monoisotopic (exact) mass is 197 g/mol. The van der Waals surface area contributed by atoms with Crippen LogP contribution in [0.2, 0.25) is 0 Å². The number of aliphatic imine (C=N–C) groups is 1. The highest BCUT2D eigenvalue weighted by Gasteiger charge is 2.16. The lowest BCUT2D eigenvalue weighted by atomic mass is 10.2. The number of fused-ring (bicyclic) bond motifs is 1. The molecule has 2 aliphatic heterocycles. The van der Waals surface area contributed by atoms with E-state index in [0.717, 1.165) is 6.54 Å². The van der Waals surface area contributed by atoms with E-state index in [1.807, 2.05) is 0 Å². The number of primary amides is 1. The summed E-state index contributed by atoms with van der Waals surface area (Å²) in [4.78, 5) is 15.6. The van der Waals surface area contributed by atoms with Crippen molar-refractivity contribution >= 4 is 12.2 Å². The van der Waals surface area contributed by atoms with Gasteiger partial charge in [0.25, 0.3) is 0 Å². The normalized spacial score (nSPS) is 20.9. The van der Waals surface area contributed by atoms with Crippen LogP contribution >= 0.6 is 0 Å². The second kappa shape index (κ2) is 6.40. The molecule has 2 N–H and O–H groups in total. The van der Waals surface area contributed by atoms with Gasteiger partial charge in [0, 0.05) is 26.1 Å². The fourth-order valence-electron chi connectivity index (χ4n) is 1.94. The molecule has 14 heavy (non-hydrogen) atoms. The van der Waals surface area contributed by atoms with Gasteiger partial charge in [-0.2, -0.15) is 0 Å². The Morgan fingerprint density at radius 1 is 1.21 bits per heavy atom. The SMILES string of the molecule is C1CCC2=NCCCN2CC1.NC=O. The summed E-state index contributed by atoms with van der Waals surface area (Å²) >= 11 is 0. The van der Waals surface area contributed by atoms with Crippen molar-refractivity contribution in [3.05, 3.63) is 0 Å². The van der Waals surface area contributed by atoms with Crippen LogP contribution < -0.4 is 5.73 Å². The van der Waals surface area contributed by atoms with Gasteiger partial charge in [-0.1, -0.05) is 6.42 Å². The van der Waals surface area contributed by atoms with Gasteiger partial charge in [0.15, 0.2) is 0 Å². The van der Waals surface area contributed by atoms with Crippen molar-refractivity contribution < 1.29 is 4.79 Å². The van der Waals surface area contributed by atoms with E-state index < -0.39 is 0 Å². The van der Waals surface area contributed by atoms with Crippen LogP contribution in [0.25, 0.3) is 0 Å². The summed E-state index contributed by atoms with van der Waals surface area (Å²) < 4.78 is 0.